The lowest BCUT2D eigenvalue weighted by Crippen LogP contribution is -2.48. The second kappa shape index (κ2) is 10.1. The maximum Gasteiger partial charge on any atom is 0.276 e. The Morgan fingerprint density at radius 2 is 1.83 bits per heavy atom. The van der Waals surface area contributed by atoms with Crippen LogP contribution in [-0.2, 0) is 11.3 Å². The molecular formula is C22H23FN4O2S. The van der Waals surface area contributed by atoms with Crippen molar-refractivity contribution in [3.05, 3.63) is 82.6 Å². The zero-order valence-corrected chi connectivity index (χ0v) is 17.6. The number of carbonyl (C=O) groups excluding carboxylic acids is 2. The number of hydrogen-bond donors (Lipinski definition) is 1. The lowest BCUT2D eigenvalue weighted by Gasteiger charge is -2.35. The van der Waals surface area contributed by atoms with Crippen molar-refractivity contribution in [1.29, 1.82) is 0 Å². The van der Waals surface area contributed by atoms with Gasteiger partial charge in [0.15, 0.2) is 5.69 Å². The van der Waals surface area contributed by atoms with Crippen LogP contribution in [-0.4, -0.2) is 32.3 Å². The van der Waals surface area contributed by atoms with E-state index in [2.05, 4.69) is 14.9 Å². The minimum Gasteiger partial charge on any atom is -0.350 e. The quantitative estimate of drug-likeness (QED) is 0.591. The molecule has 2 unspecified atom stereocenters. The summed E-state index contributed by atoms with van der Waals surface area (Å²) in [6.07, 6.45) is 0.584. The SMILES string of the molecule is CCC(C)N(C(=O)c1csnn1)C(C(=O)NCc1ccccc1)c1ccccc1F. The van der Waals surface area contributed by atoms with Crippen molar-refractivity contribution in [2.24, 2.45) is 0 Å². The van der Waals surface area contributed by atoms with E-state index in [1.807, 2.05) is 44.2 Å². The van der Waals surface area contributed by atoms with Crippen LogP contribution in [0.4, 0.5) is 4.39 Å². The first kappa shape index (κ1) is 21.6. The van der Waals surface area contributed by atoms with Gasteiger partial charge in [0.1, 0.15) is 11.9 Å². The molecule has 0 saturated heterocycles. The van der Waals surface area contributed by atoms with E-state index >= 15 is 0 Å². The molecule has 3 rings (SSSR count). The van der Waals surface area contributed by atoms with Crippen molar-refractivity contribution in [2.75, 3.05) is 0 Å². The van der Waals surface area contributed by atoms with Gasteiger partial charge in [-0.05, 0) is 36.5 Å². The third-order valence-electron chi connectivity index (χ3n) is 4.92. The van der Waals surface area contributed by atoms with E-state index < -0.39 is 23.7 Å². The molecule has 0 aliphatic heterocycles. The topological polar surface area (TPSA) is 75.2 Å². The molecule has 30 heavy (non-hydrogen) atoms. The summed E-state index contributed by atoms with van der Waals surface area (Å²) < 4.78 is 18.5. The van der Waals surface area contributed by atoms with Crippen molar-refractivity contribution >= 4 is 23.3 Å². The van der Waals surface area contributed by atoms with E-state index in [-0.39, 0.29) is 23.8 Å². The second-order valence-corrected chi connectivity index (χ2v) is 7.50. The minimum absolute atomic E-state index is 0.137. The van der Waals surface area contributed by atoms with E-state index in [0.717, 1.165) is 17.1 Å². The van der Waals surface area contributed by atoms with Gasteiger partial charge in [-0.25, -0.2) is 4.39 Å². The zero-order chi connectivity index (χ0) is 21.5. The summed E-state index contributed by atoms with van der Waals surface area (Å²) in [4.78, 5) is 27.9. The fourth-order valence-electron chi connectivity index (χ4n) is 3.15. The number of carbonyl (C=O) groups is 2. The maximum absolute atomic E-state index is 14.8. The molecule has 2 atom stereocenters. The van der Waals surface area contributed by atoms with Crippen LogP contribution in [0.2, 0.25) is 0 Å². The Balaban J connectivity index is 1.99. The molecule has 6 nitrogen and oxygen atoms in total. The molecule has 0 saturated carbocycles. The van der Waals surface area contributed by atoms with Gasteiger partial charge in [0.2, 0.25) is 5.91 Å². The molecule has 2 aromatic carbocycles. The van der Waals surface area contributed by atoms with Gasteiger partial charge < -0.3 is 10.2 Å². The predicted molar refractivity (Wildman–Crippen MR) is 113 cm³/mol. The second-order valence-electron chi connectivity index (χ2n) is 6.89. The molecule has 0 bridgehead atoms. The normalized spacial score (nSPS) is 12.8. The van der Waals surface area contributed by atoms with Crippen molar-refractivity contribution in [2.45, 2.75) is 38.9 Å². The Bertz CT molecular complexity index is 982. The monoisotopic (exact) mass is 426 g/mol. The number of nitrogens with one attached hydrogen (secondary N) is 1. The summed E-state index contributed by atoms with van der Waals surface area (Å²) in [6, 6.07) is 14.0. The van der Waals surface area contributed by atoms with Crippen LogP contribution < -0.4 is 5.32 Å². The average Bonchev–Trinajstić information content (AvgIpc) is 3.31. The Morgan fingerprint density at radius 1 is 1.13 bits per heavy atom. The lowest BCUT2D eigenvalue weighted by molar-refractivity contribution is -0.126. The molecule has 1 aromatic heterocycles. The van der Waals surface area contributed by atoms with E-state index in [0.29, 0.717) is 6.42 Å². The average molecular weight is 427 g/mol. The number of rotatable bonds is 8. The molecule has 0 spiro atoms. The number of nitrogens with zero attached hydrogens (tertiary/aromatic N) is 3. The highest BCUT2D eigenvalue weighted by Crippen LogP contribution is 2.28. The third-order valence-corrected chi connectivity index (χ3v) is 5.42. The van der Waals surface area contributed by atoms with Gasteiger partial charge in [-0.3, -0.25) is 9.59 Å². The molecule has 3 aromatic rings. The van der Waals surface area contributed by atoms with Crippen molar-refractivity contribution in [3.8, 4) is 0 Å². The summed E-state index contributed by atoms with van der Waals surface area (Å²) in [5.41, 5.74) is 1.18. The Morgan fingerprint density at radius 3 is 2.47 bits per heavy atom. The van der Waals surface area contributed by atoms with Gasteiger partial charge in [0.05, 0.1) is 0 Å². The van der Waals surface area contributed by atoms with Gasteiger partial charge >= 0.3 is 0 Å². The van der Waals surface area contributed by atoms with Crippen LogP contribution in [0.1, 0.15) is 47.9 Å². The first-order valence-corrected chi connectivity index (χ1v) is 10.5. The van der Waals surface area contributed by atoms with Crippen LogP contribution >= 0.6 is 11.5 Å². The van der Waals surface area contributed by atoms with Crippen LogP contribution in [0, 0.1) is 5.82 Å². The van der Waals surface area contributed by atoms with Crippen LogP contribution in [0.5, 0.6) is 0 Å². The zero-order valence-electron chi connectivity index (χ0n) is 16.8. The summed E-state index contributed by atoms with van der Waals surface area (Å²) in [5, 5.41) is 8.23. The third kappa shape index (κ3) is 4.88. The van der Waals surface area contributed by atoms with Crippen molar-refractivity contribution < 1.29 is 14.0 Å². The van der Waals surface area contributed by atoms with Crippen LogP contribution in [0.3, 0.4) is 0 Å². The predicted octanol–water partition coefficient (Wildman–Crippen LogP) is 3.98. The highest BCUT2D eigenvalue weighted by atomic mass is 32.1. The Hall–Kier alpha value is -3.13. The summed E-state index contributed by atoms with van der Waals surface area (Å²) in [7, 11) is 0. The van der Waals surface area contributed by atoms with E-state index in [9.17, 15) is 14.0 Å². The molecule has 0 radical (unpaired) electrons. The highest BCUT2D eigenvalue weighted by molar-refractivity contribution is 7.03. The smallest absolute Gasteiger partial charge is 0.276 e. The molecule has 2 amide bonds. The van der Waals surface area contributed by atoms with E-state index in [1.54, 1.807) is 12.1 Å². The van der Waals surface area contributed by atoms with Crippen LogP contribution in [0.15, 0.2) is 60.0 Å². The first-order chi connectivity index (χ1) is 14.5. The number of amides is 2. The van der Waals surface area contributed by atoms with Crippen molar-refractivity contribution in [1.82, 2.24) is 19.8 Å². The Labute approximate surface area is 178 Å². The van der Waals surface area contributed by atoms with Gasteiger partial charge in [-0.1, -0.05) is 59.9 Å². The van der Waals surface area contributed by atoms with Gasteiger partial charge in [0, 0.05) is 23.5 Å². The lowest BCUT2D eigenvalue weighted by atomic mass is 10.00. The Kier molecular flexibility index (Phi) is 7.24. The van der Waals surface area contributed by atoms with E-state index in [4.69, 9.17) is 0 Å². The number of halogens is 1. The number of hydrogen-bond acceptors (Lipinski definition) is 5. The molecule has 156 valence electrons. The van der Waals surface area contributed by atoms with Gasteiger partial charge in [0.25, 0.3) is 5.91 Å². The molecule has 8 heteroatoms. The highest BCUT2D eigenvalue weighted by Gasteiger charge is 2.37. The molecule has 1 N–H and O–H groups in total. The maximum atomic E-state index is 14.8. The summed E-state index contributed by atoms with van der Waals surface area (Å²) in [6.45, 7) is 4.01. The fraction of sp³-hybridized carbons (Fsp3) is 0.273. The number of benzene rings is 2. The standard InChI is InChI=1S/C22H23FN4O2S/c1-3-15(2)27(22(29)19-14-30-26-25-19)20(17-11-7-8-12-18(17)23)21(28)24-13-16-9-5-4-6-10-16/h4-12,14-15,20H,3,13H2,1-2H3,(H,24,28). The molecule has 0 fully saturated rings. The largest absolute Gasteiger partial charge is 0.350 e. The summed E-state index contributed by atoms with van der Waals surface area (Å²) >= 11 is 1.05. The molecule has 0 aliphatic rings. The molecule has 1 heterocycles. The van der Waals surface area contributed by atoms with Crippen LogP contribution in [0.25, 0.3) is 0 Å². The van der Waals surface area contributed by atoms with E-state index in [1.165, 1.54) is 22.4 Å². The number of aromatic nitrogens is 2. The minimum atomic E-state index is -1.14. The first-order valence-electron chi connectivity index (χ1n) is 9.68. The summed E-state index contributed by atoms with van der Waals surface area (Å²) in [5.74, 6) is -1.46. The van der Waals surface area contributed by atoms with Gasteiger partial charge in [-0.2, -0.15) is 0 Å². The van der Waals surface area contributed by atoms with Gasteiger partial charge in [-0.15, -0.1) is 5.10 Å². The molecule has 0 aliphatic carbocycles. The fourth-order valence-corrected chi connectivity index (χ4v) is 3.58. The van der Waals surface area contributed by atoms with Crippen molar-refractivity contribution in [3.63, 3.8) is 0 Å². The molecular weight excluding hydrogens is 403 g/mol.